The van der Waals surface area contributed by atoms with E-state index in [1.807, 2.05) is 0 Å². The number of halogens is 1. The number of anilines is 1. The highest BCUT2D eigenvalue weighted by molar-refractivity contribution is 6.00. The zero-order valence-corrected chi connectivity index (χ0v) is 16.2. The molecule has 1 aliphatic rings. The topological polar surface area (TPSA) is 74.3 Å². The van der Waals surface area contributed by atoms with Gasteiger partial charge in [0.15, 0.2) is 0 Å². The third kappa shape index (κ3) is 4.96. The highest BCUT2D eigenvalue weighted by Gasteiger charge is 2.37. The van der Waals surface area contributed by atoms with Crippen LogP contribution in [-0.4, -0.2) is 45.9 Å². The maximum atomic E-state index is 12.9. The Kier molecular flexibility index (Phi) is 6.54. The van der Waals surface area contributed by atoms with Crippen molar-refractivity contribution in [2.75, 3.05) is 38.9 Å². The molecule has 3 rings (SSSR count). The fourth-order valence-electron chi connectivity index (χ4n) is 3.06. The molecule has 7 nitrogen and oxygen atoms in total. The van der Waals surface area contributed by atoms with Gasteiger partial charge >= 0.3 is 5.97 Å². The Hall–Kier alpha value is -3.29. The third-order valence-corrected chi connectivity index (χ3v) is 4.55. The first-order chi connectivity index (χ1) is 14.0. The van der Waals surface area contributed by atoms with E-state index in [0.717, 1.165) is 0 Å². The number of benzene rings is 2. The van der Waals surface area contributed by atoms with Crippen LogP contribution in [0.15, 0.2) is 42.5 Å². The molecular weight excluding hydrogens is 381 g/mol. The summed E-state index contributed by atoms with van der Waals surface area (Å²) in [5.74, 6) is 0.00640. The molecule has 1 fully saturated rings. The zero-order valence-electron chi connectivity index (χ0n) is 16.2. The van der Waals surface area contributed by atoms with Crippen LogP contribution in [0.5, 0.6) is 17.2 Å². The molecule has 29 heavy (non-hydrogen) atoms. The first-order valence-corrected chi connectivity index (χ1v) is 9.09. The molecule has 8 heteroatoms. The molecule has 0 aliphatic carbocycles. The van der Waals surface area contributed by atoms with E-state index in [1.165, 1.54) is 36.3 Å². The third-order valence-electron chi connectivity index (χ3n) is 4.55. The van der Waals surface area contributed by atoms with Crippen LogP contribution in [0, 0.1) is 11.7 Å². The second-order valence-electron chi connectivity index (χ2n) is 6.41. The molecule has 1 amide bonds. The average Bonchev–Trinajstić information content (AvgIpc) is 3.13. The standard InChI is InChI=1S/C21H22FNO6/c1-26-17-7-8-18(19(12-17)27-2)23-13-14(11-20(23)24)21(25)29-10-9-28-16-5-3-15(22)4-6-16/h3-8,12,14H,9-11,13H2,1-2H3/t14-/m0/s1. The van der Waals surface area contributed by atoms with Crippen molar-refractivity contribution in [1.29, 1.82) is 0 Å². The monoisotopic (exact) mass is 403 g/mol. The van der Waals surface area contributed by atoms with Crippen molar-refractivity contribution in [2.24, 2.45) is 5.92 Å². The van der Waals surface area contributed by atoms with E-state index in [9.17, 15) is 14.0 Å². The van der Waals surface area contributed by atoms with Gasteiger partial charge in [0.1, 0.15) is 36.3 Å². The Bertz CT molecular complexity index is 870. The molecule has 0 unspecified atom stereocenters. The lowest BCUT2D eigenvalue weighted by Crippen LogP contribution is -2.27. The molecule has 0 N–H and O–H groups in total. The summed E-state index contributed by atoms with van der Waals surface area (Å²) < 4.78 is 34.0. The summed E-state index contributed by atoms with van der Waals surface area (Å²) in [6.45, 7) is 0.375. The number of hydrogen-bond acceptors (Lipinski definition) is 6. The Balaban J connectivity index is 1.53. The van der Waals surface area contributed by atoms with Gasteiger partial charge in [0, 0.05) is 19.0 Å². The van der Waals surface area contributed by atoms with Crippen molar-refractivity contribution in [3.05, 3.63) is 48.3 Å². The maximum Gasteiger partial charge on any atom is 0.311 e. The maximum absolute atomic E-state index is 12.9. The first kappa shape index (κ1) is 20.4. The Morgan fingerprint density at radius 1 is 1.07 bits per heavy atom. The molecule has 2 aromatic carbocycles. The SMILES string of the molecule is COc1ccc(N2C[C@@H](C(=O)OCCOc3ccc(F)cc3)CC2=O)c(OC)c1. The molecule has 1 aliphatic heterocycles. The number of ether oxygens (including phenoxy) is 4. The van der Waals surface area contributed by atoms with Gasteiger partial charge in [0.05, 0.1) is 25.8 Å². The minimum atomic E-state index is -0.569. The summed E-state index contributed by atoms with van der Waals surface area (Å²) in [6, 6.07) is 10.7. The van der Waals surface area contributed by atoms with E-state index in [-0.39, 0.29) is 37.9 Å². The summed E-state index contributed by atoms with van der Waals surface area (Å²) in [6.07, 6.45) is 0.0623. The summed E-state index contributed by atoms with van der Waals surface area (Å²) in [5, 5.41) is 0. The number of nitrogens with zero attached hydrogens (tertiary/aromatic N) is 1. The minimum absolute atomic E-state index is 0.0345. The van der Waals surface area contributed by atoms with Gasteiger partial charge in [0.2, 0.25) is 5.91 Å². The largest absolute Gasteiger partial charge is 0.497 e. The molecule has 2 aromatic rings. The highest BCUT2D eigenvalue weighted by Crippen LogP contribution is 2.36. The van der Waals surface area contributed by atoms with Gasteiger partial charge in [-0.2, -0.15) is 0 Å². The highest BCUT2D eigenvalue weighted by atomic mass is 19.1. The molecule has 0 bridgehead atoms. The number of esters is 1. The fourth-order valence-corrected chi connectivity index (χ4v) is 3.06. The van der Waals surface area contributed by atoms with E-state index >= 15 is 0 Å². The quantitative estimate of drug-likeness (QED) is 0.499. The Morgan fingerprint density at radius 2 is 1.79 bits per heavy atom. The van der Waals surface area contributed by atoms with Crippen LogP contribution in [0.4, 0.5) is 10.1 Å². The predicted octanol–water partition coefficient (Wildman–Crippen LogP) is 2.82. The smallest absolute Gasteiger partial charge is 0.311 e. The van der Waals surface area contributed by atoms with E-state index in [2.05, 4.69) is 0 Å². The van der Waals surface area contributed by atoms with E-state index in [0.29, 0.717) is 22.9 Å². The molecule has 1 heterocycles. The minimum Gasteiger partial charge on any atom is -0.497 e. The number of carbonyl (C=O) groups is 2. The van der Waals surface area contributed by atoms with Crippen LogP contribution >= 0.6 is 0 Å². The van der Waals surface area contributed by atoms with Gasteiger partial charge < -0.3 is 23.8 Å². The van der Waals surface area contributed by atoms with Crippen molar-refractivity contribution in [2.45, 2.75) is 6.42 Å². The average molecular weight is 403 g/mol. The second kappa shape index (κ2) is 9.27. The van der Waals surface area contributed by atoms with E-state index < -0.39 is 11.9 Å². The van der Waals surface area contributed by atoms with Crippen LogP contribution in [0.3, 0.4) is 0 Å². The van der Waals surface area contributed by atoms with Gasteiger partial charge in [-0.05, 0) is 36.4 Å². The first-order valence-electron chi connectivity index (χ1n) is 9.09. The second-order valence-corrected chi connectivity index (χ2v) is 6.41. The molecule has 0 aromatic heterocycles. The lowest BCUT2D eigenvalue weighted by molar-refractivity contribution is -0.149. The lowest BCUT2D eigenvalue weighted by atomic mass is 10.1. The van der Waals surface area contributed by atoms with Gasteiger partial charge in [-0.25, -0.2) is 4.39 Å². The molecule has 1 atom stereocenters. The number of methoxy groups -OCH3 is 2. The van der Waals surface area contributed by atoms with Gasteiger partial charge in [-0.3, -0.25) is 9.59 Å². The molecular formula is C21H22FNO6. The Morgan fingerprint density at radius 3 is 2.48 bits per heavy atom. The van der Waals surface area contributed by atoms with Gasteiger partial charge in [-0.1, -0.05) is 0 Å². The molecule has 1 saturated heterocycles. The summed E-state index contributed by atoms with van der Waals surface area (Å²) >= 11 is 0. The predicted molar refractivity (Wildman–Crippen MR) is 103 cm³/mol. The van der Waals surface area contributed by atoms with Crippen molar-refractivity contribution >= 4 is 17.6 Å². The summed E-state index contributed by atoms with van der Waals surface area (Å²) in [7, 11) is 3.05. The van der Waals surface area contributed by atoms with Crippen LogP contribution in [0.25, 0.3) is 0 Å². The normalized spacial score (nSPS) is 15.9. The van der Waals surface area contributed by atoms with E-state index in [4.69, 9.17) is 18.9 Å². The molecule has 0 spiro atoms. The van der Waals surface area contributed by atoms with Crippen LogP contribution < -0.4 is 19.1 Å². The summed E-state index contributed by atoms with van der Waals surface area (Å²) in [4.78, 5) is 26.3. The number of hydrogen-bond donors (Lipinski definition) is 0. The van der Waals surface area contributed by atoms with Crippen LogP contribution in [-0.2, 0) is 14.3 Å². The molecule has 0 radical (unpaired) electrons. The zero-order chi connectivity index (χ0) is 20.8. The van der Waals surface area contributed by atoms with Crippen molar-refractivity contribution in [1.82, 2.24) is 0 Å². The molecule has 154 valence electrons. The number of amides is 1. The van der Waals surface area contributed by atoms with Gasteiger partial charge in [0.25, 0.3) is 0 Å². The van der Waals surface area contributed by atoms with Crippen molar-refractivity contribution in [3.8, 4) is 17.2 Å². The van der Waals surface area contributed by atoms with Gasteiger partial charge in [-0.15, -0.1) is 0 Å². The van der Waals surface area contributed by atoms with Crippen molar-refractivity contribution < 1.29 is 32.9 Å². The van der Waals surface area contributed by atoms with Crippen LogP contribution in [0.2, 0.25) is 0 Å². The van der Waals surface area contributed by atoms with Crippen LogP contribution in [0.1, 0.15) is 6.42 Å². The number of rotatable bonds is 8. The fraction of sp³-hybridized carbons (Fsp3) is 0.333. The molecule has 0 saturated carbocycles. The summed E-state index contributed by atoms with van der Waals surface area (Å²) in [5.41, 5.74) is 0.577. The Labute approximate surface area is 167 Å². The number of carbonyl (C=O) groups excluding carboxylic acids is 2. The van der Waals surface area contributed by atoms with Crippen molar-refractivity contribution in [3.63, 3.8) is 0 Å². The lowest BCUT2D eigenvalue weighted by Gasteiger charge is -2.20. The van der Waals surface area contributed by atoms with E-state index in [1.54, 1.807) is 25.3 Å².